The number of unbranched alkanes of at least 4 members (excludes halogenated alkanes) is 2. The molecule has 17 heavy (non-hydrogen) atoms. The van der Waals surface area contributed by atoms with Crippen LogP contribution < -0.4 is 10.2 Å². The van der Waals surface area contributed by atoms with Gasteiger partial charge in [-0.05, 0) is 20.3 Å². The lowest BCUT2D eigenvalue weighted by atomic mass is 10.2. The number of nitrogens with zero attached hydrogens (tertiary/aromatic N) is 3. The molecule has 1 aromatic heterocycles. The second-order valence-electron chi connectivity index (χ2n) is 4.33. The van der Waals surface area contributed by atoms with Gasteiger partial charge in [0.2, 0.25) is 0 Å². The summed E-state index contributed by atoms with van der Waals surface area (Å²) in [5.41, 5.74) is 1.13. The molecule has 1 heterocycles. The first kappa shape index (κ1) is 13.7. The van der Waals surface area contributed by atoms with Crippen molar-refractivity contribution in [3.63, 3.8) is 0 Å². The van der Waals surface area contributed by atoms with E-state index >= 15 is 0 Å². The summed E-state index contributed by atoms with van der Waals surface area (Å²) in [5, 5.41) is 3.26. The van der Waals surface area contributed by atoms with Gasteiger partial charge in [-0.3, -0.25) is 0 Å². The molecule has 0 aliphatic carbocycles. The molecule has 96 valence electrons. The van der Waals surface area contributed by atoms with Crippen molar-refractivity contribution in [1.82, 2.24) is 9.97 Å². The van der Waals surface area contributed by atoms with Crippen LogP contribution in [0, 0.1) is 6.92 Å². The minimum Gasteiger partial charge on any atom is -0.370 e. The summed E-state index contributed by atoms with van der Waals surface area (Å²) in [6, 6.07) is 0. The van der Waals surface area contributed by atoms with E-state index in [1.807, 2.05) is 0 Å². The molecule has 1 N–H and O–H groups in total. The summed E-state index contributed by atoms with van der Waals surface area (Å²) in [4.78, 5) is 10.8. The monoisotopic (exact) mass is 236 g/mol. The van der Waals surface area contributed by atoms with Gasteiger partial charge in [-0.2, -0.15) is 0 Å². The highest BCUT2D eigenvalue weighted by molar-refractivity contribution is 5.57. The van der Waals surface area contributed by atoms with Gasteiger partial charge in [0.1, 0.15) is 18.0 Å². The standard InChI is InChI=1S/C13H24N4/c1-5-7-8-9-17(4)13-11(3)12(14-6-2)15-10-16-13/h10H,5-9H2,1-4H3,(H,14,15,16). The SMILES string of the molecule is CCCCCN(C)c1ncnc(NCC)c1C. The summed E-state index contributed by atoms with van der Waals surface area (Å²) in [6.45, 7) is 8.31. The third-order valence-corrected chi connectivity index (χ3v) is 2.86. The zero-order chi connectivity index (χ0) is 12.7. The molecule has 0 amide bonds. The normalized spacial score (nSPS) is 10.4. The van der Waals surface area contributed by atoms with Crippen molar-refractivity contribution < 1.29 is 0 Å². The lowest BCUT2D eigenvalue weighted by Crippen LogP contribution is -2.21. The van der Waals surface area contributed by atoms with E-state index in [-0.39, 0.29) is 0 Å². The van der Waals surface area contributed by atoms with Crippen molar-refractivity contribution in [2.24, 2.45) is 0 Å². The van der Waals surface area contributed by atoms with Crippen molar-refractivity contribution in [3.05, 3.63) is 11.9 Å². The van der Waals surface area contributed by atoms with Crippen LogP contribution >= 0.6 is 0 Å². The predicted octanol–water partition coefficient (Wildman–Crippen LogP) is 2.84. The first-order chi connectivity index (χ1) is 8.20. The van der Waals surface area contributed by atoms with Crippen molar-refractivity contribution in [1.29, 1.82) is 0 Å². The van der Waals surface area contributed by atoms with Gasteiger partial charge in [0.15, 0.2) is 0 Å². The highest BCUT2D eigenvalue weighted by Crippen LogP contribution is 2.21. The third-order valence-electron chi connectivity index (χ3n) is 2.86. The van der Waals surface area contributed by atoms with Crippen LogP contribution in [0.1, 0.15) is 38.7 Å². The molecular formula is C13H24N4. The Morgan fingerprint density at radius 1 is 1.24 bits per heavy atom. The van der Waals surface area contributed by atoms with Crippen molar-refractivity contribution in [2.75, 3.05) is 30.4 Å². The average molecular weight is 236 g/mol. The van der Waals surface area contributed by atoms with Gasteiger partial charge in [0, 0.05) is 25.7 Å². The molecule has 0 aromatic carbocycles. The molecule has 0 saturated carbocycles. The molecule has 4 heteroatoms. The Balaban J connectivity index is 2.72. The largest absolute Gasteiger partial charge is 0.370 e. The Bertz CT molecular complexity index is 338. The summed E-state index contributed by atoms with van der Waals surface area (Å²) in [7, 11) is 2.10. The Morgan fingerprint density at radius 3 is 2.65 bits per heavy atom. The molecule has 0 bridgehead atoms. The van der Waals surface area contributed by atoms with E-state index in [0.717, 1.165) is 30.3 Å². The first-order valence-corrected chi connectivity index (χ1v) is 6.47. The van der Waals surface area contributed by atoms with Gasteiger partial charge in [0.05, 0.1) is 0 Å². The molecule has 1 rings (SSSR count). The maximum absolute atomic E-state index is 4.37. The molecule has 0 unspecified atom stereocenters. The molecule has 0 spiro atoms. The number of hydrogen-bond donors (Lipinski definition) is 1. The zero-order valence-electron chi connectivity index (χ0n) is 11.5. The van der Waals surface area contributed by atoms with E-state index in [1.165, 1.54) is 19.3 Å². The van der Waals surface area contributed by atoms with Crippen LogP contribution in [-0.4, -0.2) is 30.1 Å². The maximum Gasteiger partial charge on any atom is 0.136 e. The molecule has 4 nitrogen and oxygen atoms in total. The van der Waals surface area contributed by atoms with Crippen LogP contribution in [0.5, 0.6) is 0 Å². The fourth-order valence-corrected chi connectivity index (χ4v) is 1.88. The molecule has 1 aromatic rings. The fourth-order valence-electron chi connectivity index (χ4n) is 1.88. The van der Waals surface area contributed by atoms with E-state index in [9.17, 15) is 0 Å². The second-order valence-corrected chi connectivity index (χ2v) is 4.33. The molecule has 0 radical (unpaired) electrons. The van der Waals surface area contributed by atoms with Gasteiger partial charge >= 0.3 is 0 Å². The van der Waals surface area contributed by atoms with E-state index in [1.54, 1.807) is 6.33 Å². The van der Waals surface area contributed by atoms with E-state index < -0.39 is 0 Å². The van der Waals surface area contributed by atoms with Gasteiger partial charge < -0.3 is 10.2 Å². The molecule has 0 aliphatic rings. The van der Waals surface area contributed by atoms with Crippen molar-refractivity contribution in [3.8, 4) is 0 Å². The average Bonchev–Trinajstić information content (AvgIpc) is 2.32. The lowest BCUT2D eigenvalue weighted by molar-refractivity contribution is 0.699. The van der Waals surface area contributed by atoms with Gasteiger partial charge in [-0.15, -0.1) is 0 Å². The number of hydrogen-bond acceptors (Lipinski definition) is 4. The van der Waals surface area contributed by atoms with Crippen LogP contribution in [-0.2, 0) is 0 Å². The minimum atomic E-state index is 0.886. The maximum atomic E-state index is 4.37. The van der Waals surface area contributed by atoms with Gasteiger partial charge in [-0.25, -0.2) is 9.97 Å². The highest BCUT2D eigenvalue weighted by atomic mass is 15.2. The zero-order valence-corrected chi connectivity index (χ0v) is 11.5. The predicted molar refractivity (Wildman–Crippen MR) is 73.7 cm³/mol. The minimum absolute atomic E-state index is 0.886. The fraction of sp³-hybridized carbons (Fsp3) is 0.692. The summed E-state index contributed by atoms with van der Waals surface area (Å²) in [6.07, 6.45) is 5.37. The van der Waals surface area contributed by atoms with E-state index in [2.05, 4.69) is 48.0 Å². The van der Waals surface area contributed by atoms with E-state index in [4.69, 9.17) is 0 Å². The Morgan fingerprint density at radius 2 is 2.00 bits per heavy atom. The van der Waals surface area contributed by atoms with Crippen LogP contribution in [0.4, 0.5) is 11.6 Å². The number of rotatable bonds is 7. The Kier molecular flexibility index (Phi) is 5.73. The van der Waals surface area contributed by atoms with Gasteiger partial charge in [0.25, 0.3) is 0 Å². The molecule has 0 aliphatic heterocycles. The number of anilines is 2. The van der Waals surface area contributed by atoms with Crippen molar-refractivity contribution >= 4 is 11.6 Å². The van der Waals surface area contributed by atoms with Crippen molar-refractivity contribution in [2.45, 2.75) is 40.0 Å². The summed E-state index contributed by atoms with van der Waals surface area (Å²) in [5.74, 6) is 1.98. The van der Waals surface area contributed by atoms with Crippen LogP contribution in [0.3, 0.4) is 0 Å². The second kappa shape index (κ2) is 7.09. The lowest BCUT2D eigenvalue weighted by Gasteiger charge is -2.21. The molecule has 0 saturated heterocycles. The van der Waals surface area contributed by atoms with Crippen LogP contribution in [0.25, 0.3) is 0 Å². The first-order valence-electron chi connectivity index (χ1n) is 6.47. The molecular weight excluding hydrogens is 212 g/mol. The highest BCUT2D eigenvalue weighted by Gasteiger charge is 2.09. The third kappa shape index (κ3) is 3.88. The summed E-state index contributed by atoms with van der Waals surface area (Å²) >= 11 is 0. The topological polar surface area (TPSA) is 41.1 Å². The van der Waals surface area contributed by atoms with Gasteiger partial charge in [-0.1, -0.05) is 19.8 Å². The number of nitrogens with one attached hydrogen (secondary N) is 1. The Labute approximate surface area is 104 Å². The molecule has 0 fully saturated rings. The number of aromatic nitrogens is 2. The van der Waals surface area contributed by atoms with Crippen LogP contribution in [0.2, 0.25) is 0 Å². The van der Waals surface area contributed by atoms with E-state index in [0.29, 0.717) is 0 Å². The smallest absolute Gasteiger partial charge is 0.136 e. The molecule has 0 atom stereocenters. The van der Waals surface area contributed by atoms with Crippen LogP contribution in [0.15, 0.2) is 6.33 Å². The quantitative estimate of drug-likeness (QED) is 0.739. The Hall–Kier alpha value is -1.32. The summed E-state index contributed by atoms with van der Waals surface area (Å²) < 4.78 is 0.